The highest BCUT2D eigenvalue weighted by atomic mass is 35.5. The molecule has 0 heterocycles. The molecule has 0 unspecified atom stereocenters. The molecule has 0 spiro atoms. The van der Waals surface area contributed by atoms with Crippen molar-refractivity contribution in [2.75, 3.05) is 5.73 Å². The highest BCUT2D eigenvalue weighted by molar-refractivity contribution is 6.30. The molecule has 0 atom stereocenters. The monoisotopic (exact) mass is 295 g/mol. The van der Waals surface area contributed by atoms with Crippen molar-refractivity contribution in [3.63, 3.8) is 0 Å². The molecule has 6 heteroatoms. The van der Waals surface area contributed by atoms with Gasteiger partial charge < -0.3 is 15.6 Å². The second-order valence-electron chi connectivity index (χ2n) is 4.08. The molecular formula is C14H11ClFNO3. The van der Waals surface area contributed by atoms with Crippen LogP contribution < -0.4 is 10.5 Å². The zero-order valence-electron chi connectivity index (χ0n) is 10.3. The molecule has 0 aromatic heterocycles. The van der Waals surface area contributed by atoms with Crippen LogP contribution in [0.2, 0.25) is 5.02 Å². The molecule has 0 amide bonds. The lowest BCUT2D eigenvalue weighted by molar-refractivity contribution is 0.0696. The highest BCUT2D eigenvalue weighted by Crippen LogP contribution is 2.25. The number of carboxylic acids is 1. The summed E-state index contributed by atoms with van der Waals surface area (Å²) in [5.74, 6) is -1.37. The molecule has 20 heavy (non-hydrogen) atoms. The first-order valence-electron chi connectivity index (χ1n) is 5.67. The molecule has 0 aliphatic carbocycles. The van der Waals surface area contributed by atoms with Gasteiger partial charge in [-0.25, -0.2) is 9.18 Å². The smallest absolute Gasteiger partial charge is 0.335 e. The predicted molar refractivity (Wildman–Crippen MR) is 73.6 cm³/mol. The van der Waals surface area contributed by atoms with Crippen molar-refractivity contribution >= 4 is 23.3 Å². The first kappa shape index (κ1) is 14.1. The fourth-order valence-corrected chi connectivity index (χ4v) is 1.80. The van der Waals surface area contributed by atoms with Crippen molar-refractivity contribution in [3.8, 4) is 5.75 Å². The largest absolute Gasteiger partial charge is 0.487 e. The molecule has 4 nitrogen and oxygen atoms in total. The van der Waals surface area contributed by atoms with Gasteiger partial charge in [0, 0.05) is 10.6 Å². The van der Waals surface area contributed by atoms with Gasteiger partial charge in [-0.05, 0) is 36.4 Å². The summed E-state index contributed by atoms with van der Waals surface area (Å²) in [5.41, 5.74) is 6.26. The fraction of sp³-hybridized carbons (Fsp3) is 0.0714. The SMILES string of the molecule is Nc1ccc(C(=O)O)cc1OCc1cc(Cl)ccc1F. The van der Waals surface area contributed by atoms with E-state index in [2.05, 4.69) is 0 Å². The third-order valence-corrected chi connectivity index (χ3v) is 2.89. The second-order valence-corrected chi connectivity index (χ2v) is 4.52. The number of carbonyl (C=O) groups is 1. The van der Waals surface area contributed by atoms with Crippen LogP contribution in [0.15, 0.2) is 36.4 Å². The lowest BCUT2D eigenvalue weighted by Crippen LogP contribution is -2.03. The fourth-order valence-electron chi connectivity index (χ4n) is 1.60. The molecule has 0 fully saturated rings. The first-order chi connectivity index (χ1) is 9.47. The van der Waals surface area contributed by atoms with Crippen LogP contribution in [0, 0.1) is 5.82 Å². The summed E-state index contributed by atoms with van der Waals surface area (Å²) in [6, 6.07) is 8.18. The van der Waals surface area contributed by atoms with Crippen LogP contribution in [0.4, 0.5) is 10.1 Å². The maximum atomic E-state index is 13.5. The number of benzene rings is 2. The Labute approximate surface area is 119 Å². The van der Waals surface area contributed by atoms with E-state index >= 15 is 0 Å². The van der Waals surface area contributed by atoms with Gasteiger partial charge in [0.1, 0.15) is 18.2 Å². The van der Waals surface area contributed by atoms with E-state index < -0.39 is 11.8 Å². The molecule has 0 aliphatic heterocycles. The van der Waals surface area contributed by atoms with E-state index in [-0.39, 0.29) is 29.2 Å². The molecular weight excluding hydrogens is 285 g/mol. The summed E-state index contributed by atoms with van der Waals surface area (Å²) in [5, 5.41) is 9.28. The number of carboxylic acid groups (broad SMARTS) is 1. The number of anilines is 1. The Balaban J connectivity index is 2.20. The molecule has 2 rings (SSSR count). The Morgan fingerprint density at radius 2 is 2.05 bits per heavy atom. The third kappa shape index (κ3) is 3.19. The first-order valence-corrected chi connectivity index (χ1v) is 6.04. The summed E-state index contributed by atoms with van der Waals surface area (Å²) in [6.45, 7) is -0.0976. The number of nitrogens with two attached hydrogens (primary N) is 1. The van der Waals surface area contributed by atoms with Gasteiger partial charge in [0.2, 0.25) is 0 Å². The van der Waals surface area contributed by atoms with Crippen molar-refractivity contribution in [1.29, 1.82) is 0 Å². The molecule has 0 aliphatic rings. The quantitative estimate of drug-likeness (QED) is 0.849. The van der Waals surface area contributed by atoms with Gasteiger partial charge in [-0.2, -0.15) is 0 Å². The Hall–Kier alpha value is -2.27. The Kier molecular flexibility index (Phi) is 4.10. The summed E-state index contributed by atoms with van der Waals surface area (Å²) >= 11 is 5.77. The van der Waals surface area contributed by atoms with Gasteiger partial charge in [-0.3, -0.25) is 0 Å². The minimum absolute atomic E-state index is 0.0424. The van der Waals surface area contributed by atoms with Crippen LogP contribution in [-0.2, 0) is 6.61 Å². The average Bonchev–Trinajstić information content (AvgIpc) is 2.41. The molecule has 104 valence electrons. The van der Waals surface area contributed by atoms with Crippen molar-refractivity contribution in [1.82, 2.24) is 0 Å². The summed E-state index contributed by atoms with van der Waals surface area (Å²) in [6.07, 6.45) is 0. The molecule has 3 N–H and O–H groups in total. The highest BCUT2D eigenvalue weighted by Gasteiger charge is 2.09. The van der Waals surface area contributed by atoms with Crippen LogP contribution >= 0.6 is 11.6 Å². The van der Waals surface area contributed by atoms with Crippen molar-refractivity contribution in [3.05, 3.63) is 58.4 Å². The number of rotatable bonds is 4. The molecule has 0 bridgehead atoms. The number of hydrogen-bond acceptors (Lipinski definition) is 3. The van der Waals surface area contributed by atoms with Crippen LogP contribution in [0.25, 0.3) is 0 Å². The molecule has 2 aromatic carbocycles. The van der Waals surface area contributed by atoms with Crippen LogP contribution in [0.1, 0.15) is 15.9 Å². The summed E-state index contributed by atoms with van der Waals surface area (Å²) < 4.78 is 18.9. The zero-order chi connectivity index (χ0) is 14.7. The van der Waals surface area contributed by atoms with Gasteiger partial charge >= 0.3 is 5.97 Å². The Morgan fingerprint density at radius 3 is 2.75 bits per heavy atom. The van der Waals surface area contributed by atoms with Gasteiger partial charge in [0.05, 0.1) is 11.3 Å². The van der Waals surface area contributed by atoms with Crippen molar-refractivity contribution in [2.45, 2.75) is 6.61 Å². The van der Waals surface area contributed by atoms with Gasteiger partial charge in [-0.15, -0.1) is 0 Å². The number of hydrogen-bond donors (Lipinski definition) is 2. The van der Waals surface area contributed by atoms with E-state index in [1.807, 2.05) is 0 Å². The van der Waals surface area contributed by atoms with Gasteiger partial charge in [-0.1, -0.05) is 11.6 Å². The number of halogens is 2. The number of nitrogen functional groups attached to an aromatic ring is 1. The standard InChI is InChI=1S/C14H11ClFNO3/c15-10-2-3-11(16)9(5-10)7-20-13-6-8(14(18)19)1-4-12(13)17/h1-6H,7,17H2,(H,18,19). The maximum Gasteiger partial charge on any atom is 0.335 e. The Morgan fingerprint density at radius 1 is 1.30 bits per heavy atom. The van der Waals surface area contributed by atoms with Gasteiger partial charge in [0.25, 0.3) is 0 Å². The topological polar surface area (TPSA) is 72.6 Å². The lowest BCUT2D eigenvalue weighted by atomic mass is 10.2. The minimum Gasteiger partial charge on any atom is -0.487 e. The van der Waals surface area contributed by atoms with Crippen molar-refractivity contribution in [2.24, 2.45) is 0 Å². The minimum atomic E-state index is -1.09. The summed E-state index contributed by atoms with van der Waals surface area (Å²) in [4.78, 5) is 10.9. The van der Waals surface area contributed by atoms with E-state index in [9.17, 15) is 9.18 Å². The molecule has 0 radical (unpaired) electrons. The summed E-state index contributed by atoms with van der Waals surface area (Å²) in [7, 11) is 0. The maximum absolute atomic E-state index is 13.5. The van der Waals surface area contributed by atoms with Crippen LogP contribution in [0.5, 0.6) is 5.75 Å². The Bertz CT molecular complexity index is 661. The molecule has 0 saturated carbocycles. The van der Waals surface area contributed by atoms with E-state index in [0.717, 1.165) is 0 Å². The number of aromatic carboxylic acids is 1. The number of ether oxygens (including phenoxy) is 1. The van der Waals surface area contributed by atoms with E-state index in [1.165, 1.54) is 36.4 Å². The van der Waals surface area contributed by atoms with Gasteiger partial charge in [0.15, 0.2) is 0 Å². The zero-order valence-corrected chi connectivity index (χ0v) is 11.0. The normalized spacial score (nSPS) is 10.3. The van der Waals surface area contributed by atoms with E-state index in [4.69, 9.17) is 27.2 Å². The van der Waals surface area contributed by atoms with E-state index in [1.54, 1.807) is 0 Å². The average molecular weight is 296 g/mol. The third-order valence-electron chi connectivity index (χ3n) is 2.65. The van der Waals surface area contributed by atoms with E-state index in [0.29, 0.717) is 5.02 Å². The predicted octanol–water partition coefficient (Wildman–Crippen LogP) is 3.34. The van der Waals surface area contributed by atoms with Crippen LogP contribution in [0.3, 0.4) is 0 Å². The lowest BCUT2D eigenvalue weighted by Gasteiger charge is -2.10. The van der Waals surface area contributed by atoms with Crippen LogP contribution in [-0.4, -0.2) is 11.1 Å². The molecule has 0 saturated heterocycles. The second kappa shape index (κ2) is 5.79. The van der Waals surface area contributed by atoms with Crippen molar-refractivity contribution < 1.29 is 19.0 Å². The molecule has 2 aromatic rings.